The first-order valence-corrected chi connectivity index (χ1v) is 7.76. The number of aromatic nitrogens is 1. The smallest absolute Gasteiger partial charge is 0.275 e. The first kappa shape index (κ1) is 16.4. The van der Waals surface area contributed by atoms with Crippen molar-refractivity contribution in [1.82, 2.24) is 15.8 Å². The van der Waals surface area contributed by atoms with Gasteiger partial charge in [-0.25, -0.2) is 0 Å². The fraction of sp³-hybridized carbons (Fsp3) is 0.105. The van der Waals surface area contributed by atoms with Crippen LogP contribution in [-0.4, -0.2) is 16.8 Å². The average molecular weight is 335 g/mol. The molecule has 2 aromatic carbocycles. The van der Waals surface area contributed by atoms with Gasteiger partial charge in [0.05, 0.1) is 5.52 Å². The molecule has 0 bridgehead atoms. The van der Waals surface area contributed by atoms with Gasteiger partial charge in [-0.3, -0.25) is 25.2 Å². The van der Waals surface area contributed by atoms with Gasteiger partial charge in [-0.1, -0.05) is 29.8 Å². The molecule has 6 heteroatoms. The number of fused-ring (bicyclic) bond motifs is 1. The Kier molecular flexibility index (Phi) is 4.35. The van der Waals surface area contributed by atoms with Crippen LogP contribution in [0.25, 0.3) is 10.9 Å². The predicted octanol–water partition coefficient (Wildman–Crippen LogP) is 2.22. The van der Waals surface area contributed by atoms with E-state index in [0.717, 1.165) is 11.1 Å². The highest BCUT2D eigenvalue weighted by Crippen LogP contribution is 2.12. The molecule has 0 saturated carbocycles. The highest BCUT2D eigenvalue weighted by molar-refractivity contribution is 6.00. The molecule has 25 heavy (non-hydrogen) atoms. The van der Waals surface area contributed by atoms with E-state index in [-0.39, 0.29) is 11.0 Å². The molecule has 126 valence electrons. The minimum Gasteiger partial charge on any atom is -0.360 e. The third-order valence-electron chi connectivity index (χ3n) is 3.94. The second-order valence-electron chi connectivity index (χ2n) is 5.81. The van der Waals surface area contributed by atoms with Crippen molar-refractivity contribution >= 4 is 22.7 Å². The standard InChI is InChI=1S/C19H17N3O3/c1-11-5-3-7-13(9-11)18(24)21-22-19(25)15-10-20-16-12(2)6-4-8-14(16)17(15)23/h3-10H,1-2H3,(H,20,23)(H,21,24)(H,22,25). The minimum absolute atomic E-state index is 0.0670. The summed E-state index contributed by atoms with van der Waals surface area (Å²) in [6.07, 6.45) is 1.35. The molecule has 1 aromatic heterocycles. The summed E-state index contributed by atoms with van der Waals surface area (Å²) in [7, 11) is 0. The summed E-state index contributed by atoms with van der Waals surface area (Å²) in [5.41, 5.74) is 7.09. The maximum Gasteiger partial charge on any atom is 0.275 e. The minimum atomic E-state index is -0.675. The van der Waals surface area contributed by atoms with Crippen LogP contribution < -0.4 is 16.3 Å². The lowest BCUT2D eigenvalue weighted by Crippen LogP contribution is -2.43. The lowest BCUT2D eigenvalue weighted by Gasteiger charge is -2.09. The number of H-pyrrole nitrogens is 1. The van der Waals surface area contributed by atoms with E-state index in [4.69, 9.17) is 0 Å². The van der Waals surface area contributed by atoms with Crippen LogP contribution in [0.2, 0.25) is 0 Å². The van der Waals surface area contributed by atoms with E-state index < -0.39 is 11.8 Å². The number of pyridine rings is 1. The lowest BCUT2D eigenvalue weighted by atomic mass is 10.1. The number of hydrogen-bond acceptors (Lipinski definition) is 3. The number of carbonyl (C=O) groups excluding carboxylic acids is 2. The van der Waals surface area contributed by atoms with Gasteiger partial charge in [-0.2, -0.15) is 0 Å². The molecule has 2 amide bonds. The number of aryl methyl sites for hydroxylation is 2. The molecule has 0 spiro atoms. The van der Waals surface area contributed by atoms with Crippen LogP contribution in [0.15, 0.2) is 53.5 Å². The molecule has 1 heterocycles. The Hall–Kier alpha value is -3.41. The third kappa shape index (κ3) is 3.28. The van der Waals surface area contributed by atoms with Gasteiger partial charge in [0, 0.05) is 17.1 Å². The molecule has 0 unspecified atom stereocenters. The molecule has 0 saturated heterocycles. The summed E-state index contributed by atoms with van der Waals surface area (Å²) in [6.45, 7) is 3.74. The first-order valence-electron chi connectivity index (χ1n) is 7.76. The molecule has 3 N–H and O–H groups in total. The van der Waals surface area contributed by atoms with E-state index in [1.807, 2.05) is 26.0 Å². The van der Waals surface area contributed by atoms with Gasteiger partial charge in [-0.05, 0) is 37.6 Å². The number of rotatable bonds is 2. The first-order chi connectivity index (χ1) is 12.0. The predicted molar refractivity (Wildman–Crippen MR) is 95.4 cm³/mol. The molecule has 0 radical (unpaired) electrons. The molecule has 0 fully saturated rings. The lowest BCUT2D eigenvalue weighted by molar-refractivity contribution is 0.0846. The molecule has 3 rings (SSSR count). The Morgan fingerprint density at radius 3 is 2.44 bits per heavy atom. The highest BCUT2D eigenvalue weighted by Gasteiger charge is 2.14. The molecule has 0 atom stereocenters. The summed E-state index contributed by atoms with van der Waals surface area (Å²) in [4.78, 5) is 39.8. The third-order valence-corrected chi connectivity index (χ3v) is 3.94. The largest absolute Gasteiger partial charge is 0.360 e. The monoisotopic (exact) mass is 335 g/mol. The quantitative estimate of drug-likeness (QED) is 0.627. The van der Waals surface area contributed by atoms with Gasteiger partial charge >= 0.3 is 0 Å². The number of benzene rings is 2. The van der Waals surface area contributed by atoms with Crippen LogP contribution in [0, 0.1) is 13.8 Å². The molecule has 0 aliphatic carbocycles. The zero-order valence-corrected chi connectivity index (χ0v) is 13.8. The average Bonchev–Trinajstić information content (AvgIpc) is 2.60. The zero-order valence-electron chi connectivity index (χ0n) is 13.8. The van der Waals surface area contributed by atoms with Gasteiger partial charge in [0.25, 0.3) is 11.8 Å². The van der Waals surface area contributed by atoms with Crippen molar-refractivity contribution in [3.63, 3.8) is 0 Å². The Morgan fingerprint density at radius 2 is 1.68 bits per heavy atom. The summed E-state index contributed by atoms with van der Waals surface area (Å²) < 4.78 is 0. The fourth-order valence-corrected chi connectivity index (χ4v) is 2.61. The molecular formula is C19H17N3O3. The van der Waals surface area contributed by atoms with Crippen LogP contribution in [0.5, 0.6) is 0 Å². The van der Waals surface area contributed by atoms with Crippen molar-refractivity contribution in [3.8, 4) is 0 Å². The SMILES string of the molecule is Cc1cccc(C(=O)NNC(=O)c2c[nH]c3c(C)cccc3c2=O)c1. The van der Waals surface area contributed by atoms with Crippen molar-refractivity contribution < 1.29 is 9.59 Å². The van der Waals surface area contributed by atoms with Crippen LogP contribution >= 0.6 is 0 Å². The van der Waals surface area contributed by atoms with E-state index in [1.54, 1.807) is 30.3 Å². The molecular weight excluding hydrogens is 318 g/mol. The molecule has 6 nitrogen and oxygen atoms in total. The van der Waals surface area contributed by atoms with Crippen LogP contribution in [0.4, 0.5) is 0 Å². The normalized spacial score (nSPS) is 10.5. The van der Waals surface area contributed by atoms with Crippen LogP contribution in [-0.2, 0) is 0 Å². The van der Waals surface area contributed by atoms with Gasteiger partial charge in [0.1, 0.15) is 5.56 Å². The number of hydrazine groups is 1. The van der Waals surface area contributed by atoms with E-state index >= 15 is 0 Å². The van der Waals surface area contributed by atoms with Gasteiger partial charge in [0.2, 0.25) is 5.43 Å². The van der Waals surface area contributed by atoms with E-state index in [1.165, 1.54) is 6.20 Å². The van der Waals surface area contributed by atoms with E-state index in [9.17, 15) is 14.4 Å². The molecule has 0 aliphatic heterocycles. The number of carbonyl (C=O) groups is 2. The maximum absolute atomic E-state index is 12.5. The number of nitrogens with one attached hydrogen (secondary N) is 3. The Bertz CT molecular complexity index is 1040. The number of para-hydroxylation sites is 1. The fourth-order valence-electron chi connectivity index (χ4n) is 2.61. The molecule has 3 aromatic rings. The van der Waals surface area contributed by atoms with Crippen molar-refractivity contribution in [2.75, 3.05) is 0 Å². The highest BCUT2D eigenvalue weighted by atomic mass is 16.2. The summed E-state index contributed by atoms with van der Waals surface area (Å²) >= 11 is 0. The van der Waals surface area contributed by atoms with E-state index in [2.05, 4.69) is 15.8 Å². The van der Waals surface area contributed by atoms with Crippen molar-refractivity contribution in [2.45, 2.75) is 13.8 Å². The Morgan fingerprint density at radius 1 is 0.960 bits per heavy atom. The second-order valence-corrected chi connectivity index (χ2v) is 5.81. The number of hydrogen-bond donors (Lipinski definition) is 3. The van der Waals surface area contributed by atoms with Crippen LogP contribution in [0.1, 0.15) is 31.8 Å². The second kappa shape index (κ2) is 6.60. The zero-order chi connectivity index (χ0) is 18.0. The summed E-state index contributed by atoms with van der Waals surface area (Å²) in [5, 5.41) is 0.428. The Balaban J connectivity index is 1.80. The van der Waals surface area contributed by atoms with Gasteiger partial charge < -0.3 is 4.98 Å². The van der Waals surface area contributed by atoms with Crippen molar-refractivity contribution in [2.24, 2.45) is 0 Å². The van der Waals surface area contributed by atoms with Crippen molar-refractivity contribution in [3.05, 3.63) is 81.1 Å². The van der Waals surface area contributed by atoms with Gasteiger partial charge in [-0.15, -0.1) is 0 Å². The molecule has 0 aliphatic rings. The topological polar surface area (TPSA) is 91.1 Å². The number of amides is 2. The maximum atomic E-state index is 12.5. The summed E-state index contributed by atoms with van der Waals surface area (Å²) in [5.74, 6) is -1.13. The van der Waals surface area contributed by atoms with Crippen molar-refractivity contribution in [1.29, 1.82) is 0 Å². The Labute approximate surface area is 143 Å². The van der Waals surface area contributed by atoms with Gasteiger partial charge in [0.15, 0.2) is 0 Å². The summed E-state index contributed by atoms with van der Waals surface area (Å²) in [6, 6.07) is 12.2. The van der Waals surface area contributed by atoms with E-state index in [0.29, 0.717) is 16.5 Å². The number of aromatic amines is 1. The van der Waals surface area contributed by atoms with Crippen LogP contribution in [0.3, 0.4) is 0 Å².